The maximum Gasteiger partial charge on any atom is 0.0195 e. The fourth-order valence-corrected chi connectivity index (χ4v) is 2.97. The Morgan fingerprint density at radius 1 is 1.24 bits per heavy atom. The topological polar surface area (TPSA) is 26.0 Å². The lowest BCUT2D eigenvalue weighted by Crippen LogP contribution is -2.41. The third kappa shape index (κ3) is 3.32. The minimum absolute atomic E-state index is 0.0386. The summed E-state index contributed by atoms with van der Waals surface area (Å²) < 4.78 is 0. The van der Waals surface area contributed by atoms with Crippen molar-refractivity contribution in [2.45, 2.75) is 57.9 Å². The van der Waals surface area contributed by atoms with Crippen LogP contribution in [0, 0.1) is 12.8 Å². The van der Waals surface area contributed by atoms with Crippen LogP contribution in [0.1, 0.15) is 50.2 Å². The highest BCUT2D eigenvalue weighted by atomic mass is 14.7. The van der Waals surface area contributed by atoms with E-state index < -0.39 is 0 Å². The third-order valence-electron chi connectivity index (χ3n) is 4.31. The summed E-state index contributed by atoms with van der Waals surface area (Å²) in [5, 5.41) is 0. The molecule has 1 saturated carbocycles. The Hall–Kier alpha value is -0.820. The van der Waals surface area contributed by atoms with E-state index in [0.29, 0.717) is 0 Å². The maximum atomic E-state index is 6.62. The zero-order valence-electron chi connectivity index (χ0n) is 11.2. The van der Waals surface area contributed by atoms with Crippen LogP contribution in [0.3, 0.4) is 0 Å². The maximum absolute atomic E-state index is 6.62. The molecule has 2 atom stereocenters. The predicted molar refractivity (Wildman–Crippen MR) is 74.1 cm³/mol. The van der Waals surface area contributed by atoms with Crippen molar-refractivity contribution in [3.63, 3.8) is 0 Å². The third-order valence-corrected chi connectivity index (χ3v) is 4.31. The van der Waals surface area contributed by atoms with E-state index in [1.807, 2.05) is 0 Å². The second-order valence-electron chi connectivity index (χ2n) is 6.00. The molecule has 1 heteroatoms. The summed E-state index contributed by atoms with van der Waals surface area (Å²) in [5.41, 5.74) is 9.48. The molecule has 1 aliphatic carbocycles. The van der Waals surface area contributed by atoms with Gasteiger partial charge in [-0.2, -0.15) is 0 Å². The van der Waals surface area contributed by atoms with Crippen molar-refractivity contribution in [2.75, 3.05) is 0 Å². The zero-order valence-corrected chi connectivity index (χ0v) is 11.2. The van der Waals surface area contributed by atoms with Crippen molar-refractivity contribution in [1.82, 2.24) is 0 Å². The standard InChI is InChI=1S/C16H25N/c1-13-6-5-10-16(17,11-9-13)12-15-8-4-3-7-14(15)2/h3-4,7-8,13H,5-6,9-12,17H2,1-2H3. The van der Waals surface area contributed by atoms with E-state index >= 15 is 0 Å². The fraction of sp³-hybridized carbons (Fsp3) is 0.625. The monoisotopic (exact) mass is 231 g/mol. The summed E-state index contributed by atoms with van der Waals surface area (Å²) in [6, 6.07) is 8.67. The molecule has 1 nitrogen and oxygen atoms in total. The normalized spacial score (nSPS) is 29.9. The van der Waals surface area contributed by atoms with E-state index in [4.69, 9.17) is 5.73 Å². The Balaban J connectivity index is 2.09. The number of hydrogen-bond donors (Lipinski definition) is 1. The lowest BCUT2D eigenvalue weighted by atomic mass is 9.83. The smallest absolute Gasteiger partial charge is 0.0195 e. The molecule has 0 spiro atoms. The Kier molecular flexibility index (Phi) is 3.88. The van der Waals surface area contributed by atoms with Gasteiger partial charge in [0.1, 0.15) is 0 Å². The second-order valence-corrected chi connectivity index (χ2v) is 6.00. The molecule has 1 aromatic carbocycles. The van der Waals surface area contributed by atoms with E-state index in [9.17, 15) is 0 Å². The molecule has 0 amide bonds. The summed E-state index contributed by atoms with van der Waals surface area (Å²) in [7, 11) is 0. The van der Waals surface area contributed by atoms with Gasteiger partial charge in [-0.3, -0.25) is 0 Å². The van der Waals surface area contributed by atoms with Crippen LogP contribution in [0.2, 0.25) is 0 Å². The lowest BCUT2D eigenvalue weighted by Gasteiger charge is -2.29. The molecule has 0 bridgehead atoms. The van der Waals surface area contributed by atoms with E-state index in [-0.39, 0.29) is 5.54 Å². The number of nitrogens with two attached hydrogens (primary N) is 1. The molecule has 0 heterocycles. The minimum atomic E-state index is 0.0386. The summed E-state index contributed by atoms with van der Waals surface area (Å²) in [5.74, 6) is 0.859. The number of rotatable bonds is 2. The van der Waals surface area contributed by atoms with Gasteiger partial charge in [-0.05, 0) is 49.7 Å². The van der Waals surface area contributed by atoms with Crippen molar-refractivity contribution in [1.29, 1.82) is 0 Å². The first-order chi connectivity index (χ1) is 8.09. The molecular weight excluding hydrogens is 206 g/mol. The van der Waals surface area contributed by atoms with Gasteiger partial charge in [-0.1, -0.05) is 44.0 Å². The lowest BCUT2D eigenvalue weighted by molar-refractivity contribution is 0.362. The van der Waals surface area contributed by atoms with Crippen molar-refractivity contribution >= 4 is 0 Å². The Labute approximate surface area is 105 Å². The van der Waals surface area contributed by atoms with E-state index in [2.05, 4.69) is 38.1 Å². The van der Waals surface area contributed by atoms with Crippen molar-refractivity contribution in [2.24, 2.45) is 11.7 Å². The van der Waals surface area contributed by atoms with Crippen LogP contribution in [-0.2, 0) is 6.42 Å². The van der Waals surface area contributed by atoms with Crippen LogP contribution >= 0.6 is 0 Å². The van der Waals surface area contributed by atoms with Gasteiger partial charge in [0.25, 0.3) is 0 Å². The SMILES string of the molecule is Cc1ccccc1CC1(N)CCCC(C)CC1. The molecule has 1 fully saturated rings. The quantitative estimate of drug-likeness (QED) is 0.769. The Morgan fingerprint density at radius 3 is 2.76 bits per heavy atom. The van der Waals surface area contributed by atoms with Crippen LogP contribution in [0.4, 0.5) is 0 Å². The van der Waals surface area contributed by atoms with Crippen molar-refractivity contribution in [3.8, 4) is 0 Å². The predicted octanol–water partition coefficient (Wildman–Crippen LogP) is 3.84. The molecular formula is C16H25N. The number of hydrogen-bond acceptors (Lipinski definition) is 1. The minimum Gasteiger partial charge on any atom is -0.325 e. The van der Waals surface area contributed by atoms with Crippen LogP contribution in [-0.4, -0.2) is 5.54 Å². The van der Waals surface area contributed by atoms with E-state index in [0.717, 1.165) is 12.3 Å². The van der Waals surface area contributed by atoms with E-state index in [1.54, 1.807) is 0 Å². The highest BCUT2D eigenvalue weighted by molar-refractivity contribution is 5.27. The van der Waals surface area contributed by atoms with Crippen LogP contribution in [0.15, 0.2) is 24.3 Å². The molecule has 1 aliphatic rings. The average Bonchev–Trinajstić information content (AvgIpc) is 2.45. The molecule has 0 aromatic heterocycles. The van der Waals surface area contributed by atoms with Crippen LogP contribution < -0.4 is 5.73 Å². The van der Waals surface area contributed by atoms with Gasteiger partial charge < -0.3 is 5.73 Å². The molecule has 1 aromatic rings. The Morgan fingerprint density at radius 2 is 2.00 bits per heavy atom. The van der Waals surface area contributed by atoms with Crippen molar-refractivity contribution < 1.29 is 0 Å². The van der Waals surface area contributed by atoms with Gasteiger partial charge in [-0.15, -0.1) is 0 Å². The summed E-state index contributed by atoms with van der Waals surface area (Å²) in [6.07, 6.45) is 7.36. The first-order valence-corrected chi connectivity index (χ1v) is 6.92. The van der Waals surface area contributed by atoms with Crippen LogP contribution in [0.25, 0.3) is 0 Å². The second kappa shape index (κ2) is 5.22. The van der Waals surface area contributed by atoms with Gasteiger partial charge >= 0.3 is 0 Å². The van der Waals surface area contributed by atoms with Crippen LogP contribution in [0.5, 0.6) is 0 Å². The van der Waals surface area contributed by atoms with Gasteiger partial charge in [0.05, 0.1) is 0 Å². The van der Waals surface area contributed by atoms with Gasteiger partial charge in [0, 0.05) is 5.54 Å². The molecule has 17 heavy (non-hydrogen) atoms. The molecule has 0 aliphatic heterocycles. The zero-order chi connectivity index (χ0) is 12.3. The molecule has 2 unspecified atom stereocenters. The van der Waals surface area contributed by atoms with E-state index in [1.165, 1.54) is 43.2 Å². The molecule has 94 valence electrons. The van der Waals surface area contributed by atoms with Gasteiger partial charge in [0.2, 0.25) is 0 Å². The highest BCUT2D eigenvalue weighted by Crippen LogP contribution is 2.31. The van der Waals surface area contributed by atoms with Gasteiger partial charge in [-0.25, -0.2) is 0 Å². The highest BCUT2D eigenvalue weighted by Gasteiger charge is 2.28. The summed E-state index contributed by atoms with van der Waals surface area (Å²) in [4.78, 5) is 0. The Bertz CT molecular complexity index is 372. The average molecular weight is 231 g/mol. The number of benzene rings is 1. The molecule has 2 N–H and O–H groups in total. The molecule has 0 saturated heterocycles. The largest absolute Gasteiger partial charge is 0.325 e. The molecule has 0 radical (unpaired) electrons. The first kappa shape index (κ1) is 12.6. The van der Waals surface area contributed by atoms with Gasteiger partial charge in [0.15, 0.2) is 0 Å². The summed E-state index contributed by atoms with van der Waals surface area (Å²) >= 11 is 0. The fourth-order valence-electron chi connectivity index (χ4n) is 2.97. The van der Waals surface area contributed by atoms with Crippen molar-refractivity contribution in [3.05, 3.63) is 35.4 Å². The number of aryl methyl sites for hydroxylation is 1. The summed E-state index contributed by atoms with van der Waals surface area (Å²) in [6.45, 7) is 4.55. The first-order valence-electron chi connectivity index (χ1n) is 6.92. The molecule has 2 rings (SSSR count).